The van der Waals surface area contributed by atoms with Crippen LogP contribution >= 0.6 is 0 Å². The lowest BCUT2D eigenvalue weighted by Gasteiger charge is -2.17. The van der Waals surface area contributed by atoms with Crippen molar-refractivity contribution in [1.29, 1.82) is 0 Å². The summed E-state index contributed by atoms with van der Waals surface area (Å²) in [6, 6.07) is 3.14. The van der Waals surface area contributed by atoms with Gasteiger partial charge in [0.15, 0.2) is 0 Å². The Kier molecular flexibility index (Phi) is 23.2. The maximum atomic E-state index is 13.2. The number of carbonyl (C=O) groups excluding carboxylic acids is 2. The molecule has 7 radical (unpaired) electrons. The molecular weight excluding hydrogens is 522 g/mol. The van der Waals surface area contributed by atoms with Crippen LogP contribution in [0.1, 0.15) is 131 Å². The van der Waals surface area contributed by atoms with Gasteiger partial charge in [-0.1, -0.05) is 97.1 Å². The van der Waals surface area contributed by atoms with Crippen LogP contribution in [0.25, 0.3) is 0 Å². The highest BCUT2D eigenvalue weighted by molar-refractivity contribution is 7.29. The van der Waals surface area contributed by atoms with Gasteiger partial charge in [0.25, 0.3) is 0 Å². The Morgan fingerprint density at radius 2 is 1.07 bits per heavy atom. The van der Waals surface area contributed by atoms with Crippen molar-refractivity contribution in [2.75, 3.05) is 26.4 Å². The molecule has 0 heterocycles. The third-order valence-electron chi connectivity index (χ3n) is 6.95. The molecule has 0 N–H and O–H groups in total. The van der Waals surface area contributed by atoms with Crippen LogP contribution in [0.3, 0.4) is 0 Å². The number of benzene rings is 1. The van der Waals surface area contributed by atoms with Gasteiger partial charge in [0.05, 0.1) is 33.6 Å². The number of rotatable bonds is 27. The van der Waals surface area contributed by atoms with Crippen molar-refractivity contribution < 1.29 is 28.5 Å². The second kappa shape index (κ2) is 25.6. The third kappa shape index (κ3) is 17.9. The van der Waals surface area contributed by atoms with Crippen molar-refractivity contribution in [2.24, 2.45) is 0 Å². The Balaban J connectivity index is 3.08. The van der Waals surface area contributed by atoms with Crippen LogP contribution < -0.4 is 9.47 Å². The summed E-state index contributed by atoms with van der Waals surface area (Å²) in [6.45, 7) is 5.36. The summed E-state index contributed by atoms with van der Waals surface area (Å²) in [5.41, 5.74) is 0.493. The summed E-state index contributed by atoms with van der Waals surface area (Å²) in [5.74, 6) is -0.415. The third-order valence-corrected chi connectivity index (χ3v) is 6.95. The predicted molar refractivity (Wildman–Crippen MR) is 177 cm³/mol. The van der Waals surface area contributed by atoms with E-state index in [1.807, 2.05) is 0 Å². The summed E-state index contributed by atoms with van der Waals surface area (Å²) in [7, 11) is 18.3. The Hall–Kier alpha value is -1.92. The largest absolute Gasteiger partial charge is 0.493 e. The lowest BCUT2D eigenvalue weighted by Crippen LogP contribution is -2.15. The summed E-state index contributed by atoms with van der Waals surface area (Å²) < 4.78 is 23.3. The zero-order chi connectivity index (χ0) is 30.8. The van der Waals surface area contributed by atoms with Crippen molar-refractivity contribution in [1.82, 2.24) is 0 Å². The zero-order valence-electron chi connectivity index (χ0n) is 26.3. The zero-order valence-corrected chi connectivity index (χ0v) is 26.3. The highest BCUT2D eigenvalue weighted by Gasteiger charge is 2.23. The first-order chi connectivity index (χ1) is 20.4. The second-order valence-corrected chi connectivity index (χ2v) is 10.9. The molecule has 0 aliphatic heterocycles. The van der Waals surface area contributed by atoms with Crippen LogP contribution in [-0.2, 0) is 9.47 Å². The van der Waals surface area contributed by atoms with Gasteiger partial charge in [-0.15, -0.1) is 0 Å². The van der Waals surface area contributed by atoms with E-state index in [9.17, 15) is 9.59 Å². The van der Waals surface area contributed by atoms with E-state index in [1.165, 1.54) is 25.7 Å². The van der Waals surface area contributed by atoms with Crippen LogP contribution in [0.15, 0.2) is 12.1 Å². The molecule has 42 heavy (non-hydrogen) atoms. The number of ether oxygens (including phenoxy) is 4. The van der Waals surface area contributed by atoms with E-state index >= 15 is 0 Å². The van der Waals surface area contributed by atoms with Gasteiger partial charge in [0.1, 0.15) is 22.6 Å². The fraction of sp³-hybridized carbons (Fsp3) is 0.742. The maximum absolute atomic E-state index is 13.2. The first-order valence-electron chi connectivity index (χ1n) is 16.3. The standard InChI is InChI=1S/C31H50B5O6/c1-3-5-7-9-11-15-21-40-28-25-27(31(38)42-23-17-13-19-36(33)34)29(39-20-14-10-8-6-4-2)24-26(28)30(37)41-22-16-12-18-35-32/h24-25H,3-23H2,1-2H3. The van der Waals surface area contributed by atoms with Crippen molar-refractivity contribution in [3.05, 3.63) is 23.3 Å². The van der Waals surface area contributed by atoms with Crippen LogP contribution in [0.5, 0.6) is 11.5 Å². The highest BCUT2D eigenvalue weighted by atomic mass is 16.5. The molecule has 0 aromatic heterocycles. The van der Waals surface area contributed by atoms with Crippen LogP contribution in [0.2, 0.25) is 12.6 Å². The van der Waals surface area contributed by atoms with Gasteiger partial charge in [-0.3, -0.25) is 0 Å². The number of unbranched alkanes of at least 4 members (excludes halogenated alkanes) is 11. The summed E-state index contributed by atoms with van der Waals surface area (Å²) in [5, 5.41) is 0. The SMILES string of the molecule is [B][B]CCCCOC(=O)c1cc(OCCCCCCC)c(C(=O)OCCCCB([B])[B])cc1OCCCCCCCC. The van der Waals surface area contributed by atoms with Gasteiger partial charge in [-0.05, 0) is 37.8 Å². The summed E-state index contributed by atoms with van der Waals surface area (Å²) in [4.78, 5) is 26.3. The minimum Gasteiger partial charge on any atom is -0.493 e. The Morgan fingerprint density at radius 1 is 0.643 bits per heavy atom. The first kappa shape index (κ1) is 38.1. The lowest BCUT2D eigenvalue weighted by atomic mass is 9.18. The normalized spacial score (nSPS) is 10.7. The number of hydrogen-bond acceptors (Lipinski definition) is 6. The van der Waals surface area contributed by atoms with E-state index in [0.717, 1.165) is 64.1 Å². The molecule has 0 atom stereocenters. The molecule has 1 aromatic rings. The van der Waals surface area contributed by atoms with Crippen molar-refractivity contribution >= 4 is 48.8 Å². The average molecular weight is 573 g/mol. The van der Waals surface area contributed by atoms with Crippen molar-refractivity contribution in [2.45, 2.75) is 123 Å². The molecule has 11 heteroatoms. The minimum absolute atomic E-state index is 0.236. The van der Waals surface area contributed by atoms with Gasteiger partial charge in [0, 0.05) is 29.7 Å². The molecule has 1 aromatic carbocycles. The first-order valence-corrected chi connectivity index (χ1v) is 16.3. The number of esters is 2. The average Bonchev–Trinajstić information content (AvgIpc) is 2.97. The fourth-order valence-electron chi connectivity index (χ4n) is 4.40. The van der Waals surface area contributed by atoms with E-state index in [2.05, 4.69) is 13.8 Å². The summed E-state index contributed by atoms with van der Waals surface area (Å²) in [6.07, 6.45) is 16.4. The molecule has 0 unspecified atom stereocenters. The molecule has 0 amide bonds. The minimum atomic E-state index is -0.518. The second-order valence-electron chi connectivity index (χ2n) is 10.9. The topological polar surface area (TPSA) is 71.1 Å². The van der Waals surface area contributed by atoms with Gasteiger partial charge >= 0.3 is 11.9 Å². The molecule has 225 valence electrons. The monoisotopic (exact) mass is 573 g/mol. The molecular formula is C31H50B5O6. The molecule has 6 nitrogen and oxygen atoms in total. The smallest absolute Gasteiger partial charge is 0.342 e. The predicted octanol–water partition coefficient (Wildman–Crippen LogP) is 6.68. The Morgan fingerprint density at radius 3 is 1.52 bits per heavy atom. The number of hydrogen-bond donors (Lipinski definition) is 0. The highest BCUT2D eigenvalue weighted by Crippen LogP contribution is 2.31. The van der Waals surface area contributed by atoms with E-state index in [0.29, 0.717) is 43.9 Å². The van der Waals surface area contributed by atoms with Gasteiger partial charge in [-0.2, -0.15) is 0 Å². The van der Waals surface area contributed by atoms with E-state index < -0.39 is 11.9 Å². The number of carbonyl (C=O) groups is 2. The molecule has 1 rings (SSSR count). The van der Waals surface area contributed by atoms with E-state index in [-0.39, 0.29) is 30.8 Å². The van der Waals surface area contributed by atoms with Crippen LogP contribution in [0.4, 0.5) is 0 Å². The van der Waals surface area contributed by atoms with Crippen molar-refractivity contribution in [3.63, 3.8) is 0 Å². The van der Waals surface area contributed by atoms with Gasteiger partial charge < -0.3 is 18.9 Å². The molecule has 0 aliphatic carbocycles. The Bertz CT molecular complexity index is 855. The van der Waals surface area contributed by atoms with E-state index in [4.69, 9.17) is 42.2 Å². The fourth-order valence-corrected chi connectivity index (χ4v) is 4.40. The lowest BCUT2D eigenvalue weighted by molar-refractivity contribution is 0.0476. The molecule has 0 bridgehead atoms. The van der Waals surface area contributed by atoms with E-state index in [1.54, 1.807) is 19.3 Å². The molecule has 0 fully saturated rings. The maximum Gasteiger partial charge on any atom is 0.342 e. The van der Waals surface area contributed by atoms with Crippen LogP contribution in [-0.4, -0.2) is 75.2 Å². The molecule has 0 saturated heterocycles. The molecule has 0 saturated carbocycles. The molecule has 0 spiro atoms. The van der Waals surface area contributed by atoms with Crippen molar-refractivity contribution in [3.8, 4) is 11.5 Å². The quantitative estimate of drug-likeness (QED) is 0.0665. The molecule has 0 aliphatic rings. The Labute approximate surface area is 261 Å². The van der Waals surface area contributed by atoms with Gasteiger partial charge in [-0.25, -0.2) is 9.59 Å². The van der Waals surface area contributed by atoms with Crippen LogP contribution in [0, 0.1) is 0 Å². The summed E-state index contributed by atoms with van der Waals surface area (Å²) >= 11 is 0. The van der Waals surface area contributed by atoms with Gasteiger partial charge in [0.2, 0.25) is 0 Å².